The fourth-order valence-electron chi connectivity index (χ4n) is 7.67. The van der Waals surface area contributed by atoms with Crippen LogP contribution in [0.25, 0.3) is 0 Å². The van der Waals surface area contributed by atoms with Crippen LogP contribution in [0.5, 0.6) is 5.75 Å². The lowest BCUT2D eigenvalue weighted by Crippen LogP contribution is -2.64. The van der Waals surface area contributed by atoms with Gasteiger partial charge in [0.2, 0.25) is 35.4 Å². The SMILES string of the molecule is CC=C1NC(=O)C(NC(=O)C(CCC(N)=O)NC(=O)CCC)C(C)OC(=O)C(C(C)C)NC(=O)C(Cc2ccc(O)cc2)N(C)C(=O)C(Cc2ccccc2)N2C(=O)C(CCC2O)NC1=O. The molecule has 20 nitrogen and oxygen atoms in total. The number of primary amides is 1. The van der Waals surface area contributed by atoms with Gasteiger partial charge < -0.3 is 57.1 Å². The molecule has 66 heavy (non-hydrogen) atoms. The number of hydrogen-bond donors (Lipinski definition) is 8. The molecule has 2 aliphatic heterocycles. The van der Waals surface area contributed by atoms with Gasteiger partial charge in [-0.1, -0.05) is 69.3 Å². The highest BCUT2D eigenvalue weighted by Gasteiger charge is 2.45. The number of aliphatic hydroxyl groups excluding tert-OH is 1. The van der Waals surface area contributed by atoms with Crippen LogP contribution in [0.15, 0.2) is 66.4 Å². The number of phenolic OH excluding ortho intramolecular Hbond substituents is 1. The van der Waals surface area contributed by atoms with Crippen LogP contribution in [0, 0.1) is 5.92 Å². The van der Waals surface area contributed by atoms with Crippen LogP contribution in [0.2, 0.25) is 0 Å². The van der Waals surface area contributed by atoms with Crippen LogP contribution in [0.4, 0.5) is 0 Å². The van der Waals surface area contributed by atoms with Crippen LogP contribution >= 0.6 is 0 Å². The summed E-state index contributed by atoms with van der Waals surface area (Å²) in [7, 11) is 1.35. The number of aliphatic hydroxyl groups is 1. The summed E-state index contributed by atoms with van der Waals surface area (Å²) in [5, 5.41) is 34.2. The number of carbonyl (C=O) groups is 9. The summed E-state index contributed by atoms with van der Waals surface area (Å²) in [5.74, 6) is -8.45. The molecule has 9 N–H and O–H groups in total. The molecule has 2 aromatic rings. The Morgan fingerprint density at radius 1 is 0.894 bits per heavy atom. The lowest BCUT2D eigenvalue weighted by Gasteiger charge is -2.43. The van der Waals surface area contributed by atoms with E-state index in [0.29, 0.717) is 17.5 Å². The smallest absolute Gasteiger partial charge is 0.329 e. The van der Waals surface area contributed by atoms with Crippen molar-refractivity contribution in [2.24, 2.45) is 11.7 Å². The Morgan fingerprint density at radius 2 is 1.53 bits per heavy atom. The second kappa shape index (κ2) is 23.9. The number of cyclic esters (lactones) is 1. The molecule has 8 atom stereocenters. The van der Waals surface area contributed by atoms with Crippen LogP contribution in [0.1, 0.15) is 84.3 Å². The number of hydrogen-bond acceptors (Lipinski definition) is 12. The lowest BCUT2D eigenvalue weighted by molar-refractivity contribution is -0.165. The predicted octanol–water partition coefficient (Wildman–Crippen LogP) is -0.0601. The van der Waals surface area contributed by atoms with Gasteiger partial charge in [-0.05, 0) is 68.7 Å². The number of aromatic hydroxyl groups is 1. The van der Waals surface area contributed by atoms with Gasteiger partial charge in [0.05, 0.1) is 0 Å². The summed E-state index contributed by atoms with van der Waals surface area (Å²) >= 11 is 0. The number of likely N-dealkylation sites (N-methyl/N-ethyl adjacent to an activating group) is 1. The zero-order chi connectivity index (χ0) is 48.8. The second-order valence-electron chi connectivity index (χ2n) is 16.8. The molecule has 0 aliphatic carbocycles. The zero-order valence-electron chi connectivity index (χ0n) is 38.1. The Balaban J connectivity index is 1.85. The highest BCUT2D eigenvalue weighted by Crippen LogP contribution is 2.25. The van der Waals surface area contributed by atoms with Gasteiger partial charge in [0.25, 0.3) is 11.8 Å². The molecule has 0 saturated carbocycles. The van der Waals surface area contributed by atoms with Crippen molar-refractivity contribution in [1.29, 1.82) is 0 Å². The molecule has 0 radical (unpaired) electrons. The van der Waals surface area contributed by atoms with Crippen LogP contribution in [0.3, 0.4) is 0 Å². The summed E-state index contributed by atoms with van der Waals surface area (Å²) in [6.45, 7) is 7.65. The van der Waals surface area contributed by atoms with E-state index in [2.05, 4.69) is 26.6 Å². The number of nitrogens with two attached hydrogens (primary N) is 1. The summed E-state index contributed by atoms with van der Waals surface area (Å²) in [6.07, 6.45) is -2.33. The van der Waals surface area contributed by atoms with Crippen molar-refractivity contribution in [1.82, 2.24) is 36.4 Å². The van der Waals surface area contributed by atoms with E-state index in [1.54, 1.807) is 63.2 Å². The number of nitrogens with zero attached hydrogens (tertiary/aromatic N) is 2. The summed E-state index contributed by atoms with van der Waals surface area (Å²) < 4.78 is 5.80. The molecule has 2 heterocycles. The number of piperidine rings is 1. The van der Waals surface area contributed by atoms with Gasteiger partial charge in [0, 0.05) is 32.7 Å². The van der Waals surface area contributed by atoms with Gasteiger partial charge in [-0.25, -0.2) is 4.79 Å². The summed E-state index contributed by atoms with van der Waals surface area (Å²) in [6, 6.07) is 5.86. The number of nitrogens with one attached hydrogen (secondary N) is 5. The third-order valence-corrected chi connectivity index (χ3v) is 11.4. The second-order valence-corrected chi connectivity index (χ2v) is 16.8. The lowest BCUT2D eigenvalue weighted by atomic mass is 9.95. The molecule has 0 aromatic heterocycles. The molecule has 2 aromatic carbocycles. The predicted molar refractivity (Wildman–Crippen MR) is 238 cm³/mol. The summed E-state index contributed by atoms with van der Waals surface area (Å²) in [5.41, 5.74) is 6.07. The molecule has 4 rings (SSSR count). The maximum absolute atomic E-state index is 14.9. The third kappa shape index (κ3) is 13.8. The zero-order valence-corrected chi connectivity index (χ0v) is 38.1. The van der Waals surface area contributed by atoms with Crippen LogP contribution in [-0.2, 0) is 60.7 Å². The van der Waals surface area contributed by atoms with Crippen molar-refractivity contribution in [3.63, 3.8) is 0 Å². The fourth-order valence-corrected chi connectivity index (χ4v) is 7.67. The van der Waals surface area contributed by atoms with Gasteiger partial charge in [0.1, 0.15) is 60.0 Å². The Bertz CT molecular complexity index is 2130. The minimum Gasteiger partial charge on any atom is -0.508 e. The van der Waals surface area contributed by atoms with Gasteiger partial charge in [0.15, 0.2) is 0 Å². The molecule has 0 spiro atoms. The average Bonchev–Trinajstić information content (AvgIpc) is 3.27. The third-order valence-electron chi connectivity index (χ3n) is 11.4. The topological polar surface area (TPSA) is 296 Å². The molecule has 8 amide bonds. The highest BCUT2D eigenvalue weighted by atomic mass is 16.5. The van der Waals surface area contributed by atoms with Crippen molar-refractivity contribution in [2.45, 2.75) is 135 Å². The van der Waals surface area contributed by atoms with Crippen LogP contribution < -0.4 is 32.3 Å². The Kier molecular flexibility index (Phi) is 18.8. The normalized spacial score (nSPS) is 24.8. The van der Waals surface area contributed by atoms with Crippen molar-refractivity contribution in [3.05, 3.63) is 77.5 Å². The minimum absolute atomic E-state index is 0.0357. The van der Waals surface area contributed by atoms with E-state index in [1.807, 2.05) is 0 Å². The van der Waals surface area contributed by atoms with Gasteiger partial charge >= 0.3 is 5.97 Å². The molecule has 2 fully saturated rings. The molecule has 358 valence electrons. The number of phenols is 1. The fraction of sp³-hybridized carbons (Fsp3) is 0.500. The maximum Gasteiger partial charge on any atom is 0.329 e. The molecular weight excluding hydrogens is 857 g/mol. The molecule has 2 bridgehead atoms. The van der Waals surface area contributed by atoms with E-state index in [4.69, 9.17) is 10.5 Å². The average molecular weight is 919 g/mol. The number of benzene rings is 2. The number of fused-ring (bicyclic) bond motifs is 2. The van der Waals surface area contributed by atoms with Crippen molar-refractivity contribution in [2.75, 3.05) is 7.05 Å². The monoisotopic (exact) mass is 918 g/mol. The first-order valence-electron chi connectivity index (χ1n) is 22.0. The van der Waals surface area contributed by atoms with Gasteiger partial charge in [-0.2, -0.15) is 0 Å². The Morgan fingerprint density at radius 3 is 2.14 bits per heavy atom. The highest BCUT2D eigenvalue weighted by molar-refractivity contribution is 6.02. The van der Waals surface area contributed by atoms with E-state index in [-0.39, 0.29) is 56.4 Å². The Hall–Kier alpha value is -6.83. The maximum atomic E-state index is 14.9. The summed E-state index contributed by atoms with van der Waals surface area (Å²) in [4.78, 5) is 127. The number of esters is 1. The van der Waals surface area contributed by atoms with Gasteiger partial charge in [-0.15, -0.1) is 0 Å². The number of rotatable bonds is 13. The standard InChI is InChI=1S/C46H62N8O12/c1-7-12-36(57)48-31(19-21-35(47)56)41(60)52-39-26(5)66-46(65)38(25(3)4)51-42(61)33(23-28-15-17-29(55)18-16-28)53(6)45(64)34(24-27-13-10-9-11-14-27)54-37(58)22-20-32(44(54)63)50-40(59)30(8-2)49-43(39)62/h8-11,13-18,25-26,31-34,37-39,55,58H,7,12,19-24H2,1-6H3,(H2,47,56)(H,48,57)(H,49,62)(H,50,59)(H,51,61)(H,52,60). The quantitative estimate of drug-likeness (QED) is 0.0969. The number of carbonyl (C=O) groups excluding carboxylic acids is 9. The van der Waals surface area contributed by atoms with Gasteiger partial charge in [-0.3, -0.25) is 38.4 Å². The first-order chi connectivity index (χ1) is 31.2. The first kappa shape index (κ1) is 51.8. The van der Waals surface area contributed by atoms with Crippen molar-refractivity contribution >= 4 is 53.2 Å². The van der Waals surface area contributed by atoms with Crippen LogP contribution in [-0.4, -0.2) is 129 Å². The molecule has 2 aliphatic rings. The number of ether oxygens (including phenoxy) is 1. The molecule has 20 heteroatoms. The van der Waals surface area contributed by atoms with E-state index in [1.165, 1.54) is 39.1 Å². The first-order valence-corrected chi connectivity index (χ1v) is 22.0. The van der Waals surface area contributed by atoms with Crippen molar-refractivity contribution < 1.29 is 58.1 Å². The minimum atomic E-state index is -1.78. The van der Waals surface area contributed by atoms with E-state index >= 15 is 0 Å². The Labute approximate surface area is 383 Å². The number of amides is 8. The van der Waals surface area contributed by atoms with E-state index in [0.717, 1.165) is 9.80 Å². The molecule has 8 unspecified atom stereocenters. The van der Waals surface area contributed by atoms with Crippen molar-refractivity contribution in [3.8, 4) is 5.75 Å². The van der Waals surface area contributed by atoms with E-state index in [9.17, 15) is 53.4 Å². The molecule has 2 saturated heterocycles. The van der Waals surface area contributed by atoms with E-state index < -0.39 is 108 Å². The number of allylic oxidation sites excluding steroid dienone is 1. The largest absolute Gasteiger partial charge is 0.508 e. The molecular formula is C46H62N8O12.